The van der Waals surface area contributed by atoms with Crippen molar-refractivity contribution in [3.05, 3.63) is 29.6 Å². The van der Waals surface area contributed by atoms with Crippen LogP contribution in [-0.4, -0.2) is 92.6 Å². The summed E-state index contributed by atoms with van der Waals surface area (Å²) in [6.07, 6.45) is -2.66. The predicted octanol–water partition coefficient (Wildman–Crippen LogP) is 3.87. The van der Waals surface area contributed by atoms with Crippen LogP contribution >= 0.6 is 0 Å². The van der Waals surface area contributed by atoms with Gasteiger partial charge in [-0.25, -0.2) is 36.9 Å². The summed E-state index contributed by atoms with van der Waals surface area (Å²) in [6, 6.07) is 3.12. The maximum atomic E-state index is 15.0. The number of hydrogen-bond acceptors (Lipinski definition) is 11. The molecule has 0 spiro atoms. The topological polar surface area (TPSA) is 175 Å². The molecule has 3 atom stereocenters. The van der Waals surface area contributed by atoms with Crippen LogP contribution < -0.4 is 10.2 Å². The lowest BCUT2D eigenvalue weighted by Crippen LogP contribution is -2.48. The quantitative estimate of drug-likeness (QED) is 0.217. The Morgan fingerprint density at radius 2 is 1.80 bits per heavy atom. The Kier molecular flexibility index (Phi) is 12.0. The van der Waals surface area contributed by atoms with Crippen molar-refractivity contribution >= 4 is 45.7 Å². The number of nitrogens with zero attached hydrogens (tertiary/aromatic N) is 2. The summed E-state index contributed by atoms with van der Waals surface area (Å²) in [5, 5.41) is 2.46. The predicted molar refractivity (Wildman–Crippen MR) is 162 cm³/mol. The molecule has 0 aliphatic carbocycles. The van der Waals surface area contributed by atoms with Crippen LogP contribution in [0.3, 0.4) is 0 Å². The van der Waals surface area contributed by atoms with Crippen LogP contribution in [0, 0.1) is 11.7 Å². The Hall–Kier alpha value is -3.95. The van der Waals surface area contributed by atoms with E-state index in [1.54, 1.807) is 27.7 Å². The fourth-order valence-electron chi connectivity index (χ4n) is 4.99. The first-order valence-electron chi connectivity index (χ1n) is 15.0. The van der Waals surface area contributed by atoms with Crippen LogP contribution in [0.1, 0.15) is 72.3 Å². The summed E-state index contributed by atoms with van der Waals surface area (Å²) in [6.45, 7) is 8.25. The molecule has 46 heavy (non-hydrogen) atoms. The van der Waals surface area contributed by atoms with Crippen molar-refractivity contribution in [2.24, 2.45) is 5.92 Å². The van der Waals surface area contributed by atoms with Crippen LogP contribution in [0.15, 0.2) is 18.2 Å². The molecular formula is C30H42FN3O11S. The molecule has 256 valence electrons. The number of nitrogens with one attached hydrogen (secondary N) is 1. The number of rotatable bonds is 10. The van der Waals surface area contributed by atoms with E-state index < -0.39 is 76.9 Å². The van der Waals surface area contributed by atoms with Gasteiger partial charge in [0.1, 0.15) is 33.4 Å². The summed E-state index contributed by atoms with van der Waals surface area (Å²) in [5.41, 5.74) is -0.240. The SMILES string of the molecule is CC[C@H](C)[C@H](NC(=O)OC(C)(C)C)C(=O)OCOC(=O)N(C[C@H]1CN(c2ccc(C3CCS(=O)(=O)CC3)c(F)c2)C(=O)O1)C(C)=O. The highest BCUT2D eigenvalue weighted by Gasteiger charge is 2.37. The third kappa shape index (κ3) is 10.0. The Bertz CT molecular complexity index is 1420. The van der Waals surface area contributed by atoms with E-state index in [4.69, 9.17) is 18.9 Å². The number of anilines is 1. The maximum absolute atomic E-state index is 15.0. The fourth-order valence-corrected chi connectivity index (χ4v) is 6.48. The fraction of sp³-hybridized carbons (Fsp3) is 0.633. The van der Waals surface area contributed by atoms with E-state index in [1.165, 1.54) is 12.1 Å². The van der Waals surface area contributed by atoms with E-state index in [9.17, 15) is 32.4 Å². The molecule has 3 rings (SSSR count). The van der Waals surface area contributed by atoms with Gasteiger partial charge in [-0.2, -0.15) is 0 Å². The van der Waals surface area contributed by atoms with Crippen LogP contribution in [0.5, 0.6) is 0 Å². The zero-order valence-electron chi connectivity index (χ0n) is 26.9. The standard InChI is InChI=1S/C30H42FN3O11S/c1-7-18(2)25(32-27(37)45-30(4,5)6)26(36)42-17-43-28(38)33(19(3)35)15-22-16-34(29(39)44-22)21-8-9-23(24(31)14-21)20-10-12-46(40,41)13-11-20/h8-9,14,18,20,22,25H,7,10-13,15-17H2,1-6H3,(H,32,37)/t18-,22-,25-/m0/s1. The molecular weight excluding hydrogens is 629 g/mol. The number of halogens is 1. The molecule has 4 amide bonds. The zero-order chi connectivity index (χ0) is 34.4. The average molecular weight is 672 g/mol. The molecule has 2 heterocycles. The monoisotopic (exact) mass is 671 g/mol. The maximum Gasteiger partial charge on any atom is 0.419 e. The lowest BCUT2D eigenvalue weighted by atomic mass is 9.93. The van der Waals surface area contributed by atoms with Crippen molar-refractivity contribution in [3.63, 3.8) is 0 Å². The molecule has 16 heteroatoms. The number of amides is 4. The number of alkyl carbamates (subject to hydrolysis) is 1. The van der Waals surface area contributed by atoms with Crippen molar-refractivity contribution in [2.45, 2.75) is 84.5 Å². The molecule has 1 N–H and O–H groups in total. The molecule has 1 aromatic rings. The van der Waals surface area contributed by atoms with Crippen molar-refractivity contribution in [1.82, 2.24) is 10.2 Å². The minimum Gasteiger partial charge on any atom is -0.444 e. The zero-order valence-corrected chi connectivity index (χ0v) is 27.7. The molecule has 0 aromatic heterocycles. The second-order valence-electron chi connectivity index (χ2n) is 12.4. The molecule has 0 radical (unpaired) electrons. The summed E-state index contributed by atoms with van der Waals surface area (Å²) >= 11 is 0. The minimum atomic E-state index is -3.11. The van der Waals surface area contributed by atoms with Gasteiger partial charge < -0.3 is 24.3 Å². The number of esters is 1. The third-order valence-corrected chi connectivity index (χ3v) is 9.39. The van der Waals surface area contributed by atoms with Crippen molar-refractivity contribution in [3.8, 4) is 0 Å². The Balaban J connectivity index is 1.56. The average Bonchev–Trinajstić information content (AvgIpc) is 3.33. The van der Waals surface area contributed by atoms with E-state index in [-0.39, 0.29) is 35.6 Å². The Morgan fingerprint density at radius 3 is 2.37 bits per heavy atom. The van der Waals surface area contributed by atoms with Crippen LogP contribution in [0.4, 0.5) is 24.5 Å². The summed E-state index contributed by atoms with van der Waals surface area (Å²) in [7, 11) is -3.11. The molecule has 2 aliphatic heterocycles. The number of hydrogen-bond donors (Lipinski definition) is 1. The molecule has 1 aromatic carbocycles. The second-order valence-corrected chi connectivity index (χ2v) is 14.7. The number of sulfone groups is 1. The second kappa shape index (κ2) is 15.1. The number of benzene rings is 1. The van der Waals surface area contributed by atoms with Crippen LogP contribution in [0.25, 0.3) is 0 Å². The normalized spacial score (nSPS) is 19.4. The highest BCUT2D eigenvalue weighted by Crippen LogP contribution is 2.33. The van der Waals surface area contributed by atoms with E-state index >= 15 is 4.39 Å². The first-order chi connectivity index (χ1) is 21.4. The van der Waals surface area contributed by atoms with E-state index in [0.717, 1.165) is 17.9 Å². The number of cyclic esters (lactones) is 1. The Morgan fingerprint density at radius 1 is 1.15 bits per heavy atom. The lowest BCUT2D eigenvalue weighted by molar-refractivity contribution is -0.156. The smallest absolute Gasteiger partial charge is 0.419 e. The summed E-state index contributed by atoms with van der Waals surface area (Å²) in [4.78, 5) is 64.3. The summed E-state index contributed by atoms with van der Waals surface area (Å²) in [5.74, 6) is -2.83. The van der Waals surface area contributed by atoms with E-state index in [1.807, 2.05) is 6.92 Å². The first-order valence-corrected chi connectivity index (χ1v) is 16.8. The Labute approximate surface area is 267 Å². The van der Waals surface area contributed by atoms with E-state index in [2.05, 4.69) is 5.32 Å². The van der Waals surface area contributed by atoms with Gasteiger partial charge in [-0.1, -0.05) is 26.3 Å². The van der Waals surface area contributed by atoms with Crippen LogP contribution in [0.2, 0.25) is 0 Å². The van der Waals surface area contributed by atoms with Gasteiger partial charge in [-0.05, 0) is 63.1 Å². The van der Waals surface area contributed by atoms with Gasteiger partial charge in [0.15, 0.2) is 0 Å². The molecule has 2 aliphatic rings. The van der Waals surface area contributed by atoms with Gasteiger partial charge in [0, 0.05) is 6.92 Å². The number of carbonyl (C=O) groups excluding carboxylic acids is 5. The van der Waals surface area contributed by atoms with Gasteiger partial charge in [-0.3, -0.25) is 9.69 Å². The van der Waals surface area contributed by atoms with Gasteiger partial charge in [0.25, 0.3) is 0 Å². The first kappa shape index (κ1) is 36.5. The van der Waals surface area contributed by atoms with Crippen molar-refractivity contribution in [1.29, 1.82) is 0 Å². The van der Waals surface area contributed by atoms with E-state index in [0.29, 0.717) is 29.7 Å². The van der Waals surface area contributed by atoms with Gasteiger partial charge >= 0.3 is 24.2 Å². The summed E-state index contributed by atoms with van der Waals surface area (Å²) < 4.78 is 59.0. The molecule has 2 saturated heterocycles. The third-order valence-electron chi connectivity index (χ3n) is 7.67. The number of ether oxygens (including phenoxy) is 4. The molecule has 2 fully saturated rings. The number of carbonyl (C=O) groups is 5. The highest BCUT2D eigenvalue weighted by atomic mass is 32.2. The van der Waals surface area contributed by atoms with Crippen LogP contribution in [-0.2, 0) is 38.4 Å². The van der Waals surface area contributed by atoms with Gasteiger partial charge in [-0.15, -0.1) is 0 Å². The minimum absolute atomic E-state index is 0.0135. The van der Waals surface area contributed by atoms with Gasteiger partial charge in [0.2, 0.25) is 12.7 Å². The molecule has 0 bridgehead atoms. The van der Waals surface area contributed by atoms with Crippen molar-refractivity contribution < 1.29 is 55.7 Å². The highest BCUT2D eigenvalue weighted by molar-refractivity contribution is 7.91. The molecule has 0 unspecified atom stereocenters. The lowest BCUT2D eigenvalue weighted by Gasteiger charge is -2.26. The molecule has 14 nitrogen and oxygen atoms in total. The van der Waals surface area contributed by atoms with Gasteiger partial charge in [0.05, 0.1) is 30.3 Å². The molecule has 0 saturated carbocycles. The largest absolute Gasteiger partial charge is 0.444 e. The number of imide groups is 1. The van der Waals surface area contributed by atoms with Crippen molar-refractivity contribution in [2.75, 3.05) is 36.3 Å².